The summed E-state index contributed by atoms with van der Waals surface area (Å²) in [7, 11) is 0. The number of benzene rings is 2. The minimum absolute atomic E-state index is 0.0630. The maximum absolute atomic E-state index is 11.1. The van der Waals surface area contributed by atoms with Crippen LogP contribution in [0.4, 0.5) is 5.69 Å². The molecule has 0 amide bonds. The summed E-state index contributed by atoms with van der Waals surface area (Å²) in [5, 5.41) is 54.2. The van der Waals surface area contributed by atoms with Crippen LogP contribution >= 0.6 is 0 Å². The van der Waals surface area contributed by atoms with Gasteiger partial charge in [-0.05, 0) is 54.7 Å². The highest BCUT2D eigenvalue weighted by Gasteiger charge is 2.49. The highest BCUT2D eigenvalue weighted by atomic mass is 16.6. The summed E-state index contributed by atoms with van der Waals surface area (Å²) in [6.45, 7) is 0. The van der Waals surface area contributed by atoms with E-state index in [2.05, 4.69) is 0 Å². The number of allylic oxidation sites excluding steroid dienone is 2. The molecule has 0 unspecified atom stereocenters. The van der Waals surface area contributed by atoms with Gasteiger partial charge in [0.25, 0.3) is 5.69 Å². The van der Waals surface area contributed by atoms with Gasteiger partial charge in [0.2, 0.25) is 5.41 Å². The van der Waals surface area contributed by atoms with Crippen LogP contribution in [-0.2, 0) is 6.42 Å². The second kappa shape index (κ2) is 7.61. The molecule has 2 aliphatic carbocycles. The summed E-state index contributed by atoms with van der Waals surface area (Å²) in [5.41, 5.74) is 1.33. The van der Waals surface area contributed by atoms with Crippen molar-refractivity contribution in [1.82, 2.24) is 9.78 Å². The van der Waals surface area contributed by atoms with Crippen LogP contribution in [0.2, 0.25) is 0 Å². The number of nitro groups is 1. The van der Waals surface area contributed by atoms with Crippen molar-refractivity contribution in [2.24, 2.45) is 5.41 Å². The first-order chi connectivity index (χ1) is 16.4. The molecule has 0 radical (unpaired) electrons. The molecule has 0 aliphatic heterocycles. The van der Waals surface area contributed by atoms with E-state index in [1.165, 1.54) is 28.9 Å². The van der Waals surface area contributed by atoms with Crippen molar-refractivity contribution in [3.05, 3.63) is 92.6 Å². The molecule has 2 aliphatic rings. The van der Waals surface area contributed by atoms with Crippen molar-refractivity contribution >= 4 is 22.5 Å². The molecule has 3 aromatic rings. The Morgan fingerprint density at radius 1 is 1.00 bits per heavy atom. The zero-order valence-electron chi connectivity index (χ0n) is 17.9. The fourth-order valence-electron chi connectivity index (χ4n) is 4.82. The number of nitriles is 2. The summed E-state index contributed by atoms with van der Waals surface area (Å²) in [5.74, 6) is 0. The van der Waals surface area contributed by atoms with Crippen molar-refractivity contribution in [2.75, 3.05) is 0 Å². The summed E-state index contributed by atoms with van der Waals surface area (Å²) in [6.07, 6.45) is 1.89. The lowest BCUT2D eigenvalue weighted by Crippen LogP contribution is -2.42. The van der Waals surface area contributed by atoms with E-state index in [0.717, 1.165) is 6.42 Å². The predicted molar refractivity (Wildman–Crippen MR) is 123 cm³/mol. The molecule has 0 saturated heterocycles. The highest BCUT2D eigenvalue weighted by Crippen LogP contribution is 2.50. The standard InChI is InChI=1S/C25H17N7O2/c26-13-25(14-27)22(15-9-11-17(12-10-15)32(33)34)18-7-4-8-19-20(18)21(23(25)28)24(29)31(30-19)16-5-2-1-3-6-16/h1-3,5-6,9-12,28-29H,4,7-8H2. The molecular formula is C25H17N7O2. The van der Waals surface area contributed by atoms with Gasteiger partial charge in [-0.2, -0.15) is 15.6 Å². The Hall–Kier alpha value is -4.89. The number of nitro benzene ring substituents is 1. The number of aromatic nitrogens is 2. The van der Waals surface area contributed by atoms with Crippen LogP contribution in [0.25, 0.3) is 16.8 Å². The smallest absolute Gasteiger partial charge is 0.269 e. The quantitative estimate of drug-likeness (QED) is 0.459. The Labute approximate surface area is 194 Å². The first-order valence-electron chi connectivity index (χ1n) is 10.6. The number of hydrogen-bond acceptors (Lipinski definition) is 7. The van der Waals surface area contributed by atoms with Crippen molar-refractivity contribution in [3.63, 3.8) is 0 Å². The molecule has 0 fully saturated rings. The van der Waals surface area contributed by atoms with E-state index in [-0.39, 0.29) is 22.5 Å². The molecule has 1 aromatic heterocycles. The number of nitrogens with zero attached hydrogens (tertiary/aromatic N) is 5. The second-order valence-electron chi connectivity index (χ2n) is 8.15. The van der Waals surface area contributed by atoms with Gasteiger partial charge in [0, 0.05) is 23.3 Å². The molecule has 9 heteroatoms. The number of para-hydroxylation sites is 1. The molecular weight excluding hydrogens is 430 g/mol. The van der Waals surface area contributed by atoms with E-state index in [4.69, 9.17) is 15.9 Å². The predicted octanol–water partition coefficient (Wildman–Crippen LogP) is 3.92. The zero-order valence-corrected chi connectivity index (χ0v) is 17.9. The summed E-state index contributed by atoms with van der Waals surface area (Å²) < 4.78 is 1.45. The number of aryl methyl sites for hydroxylation is 1. The lowest BCUT2D eigenvalue weighted by molar-refractivity contribution is -0.384. The maximum atomic E-state index is 11.1. The van der Waals surface area contributed by atoms with Crippen LogP contribution in [0.5, 0.6) is 0 Å². The largest absolute Gasteiger partial charge is 0.301 e. The lowest BCUT2D eigenvalue weighted by Gasteiger charge is -2.36. The van der Waals surface area contributed by atoms with Crippen LogP contribution in [0.15, 0.2) is 54.6 Å². The fraction of sp³-hybridized carbons (Fsp3) is 0.160. The fourth-order valence-corrected chi connectivity index (χ4v) is 4.82. The lowest BCUT2D eigenvalue weighted by atomic mass is 9.63. The van der Waals surface area contributed by atoms with Gasteiger partial charge < -0.3 is 5.41 Å². The van der Waals surface area contributed by atoms with E-state index in [1.54, 1.807) is 12.1 Å². The molecule has 0 bridgehead atoms. The number of non-ortho nitro benzene ring substituents is 1. The summed E-state index contributed by atoms with van der Waals surface area (Å²) >= 11 is 0. The molecule has 2 N–H and O–H groups in total. The van der Waals surface area contributed by atoms with Crippen LogP contribution in [-0.4, -0.2) is 20.4 Å². The number of rotatable bonds is 3. The molecule has 1 heterocycles. The average molecular weight is 447 g/mol. The SMILES string of the molecule is N#CC1(C#N)C(=N)c2c3c(nn(-c4ccccc4)c2=N)CCCC3=C1c1ccc([N+](=O)[O-])cc1. The maximum Gasteiger partial charge on any atom is 0.269 e. The molecule has 9 nitrogen and oxygen atoms in total. The molecule has 2 aromatic carbocycles. The zero-order chi connectivity index (χ0) is 24.0. The van der Waals surface area contributed by atoms with Gasteiger partial charge in [0.1, 0.15) is 0 Å². The normalized spacial score (nSPS) is 15.8. The Morgan fingerprint density at radius 2 is 1.68 bits per heavy atom. The average Bonchev–Trinajstić information content (AvgIpc) is 2.87. The van der Waals surface area contributed by atoms with Crippen LogP contribution < -0.4 is 5.49 Å². The number of nitrogens with one attached hydrogen (secondary N) is 2. The first kappa shape index (κ1) is 21.0. The van der Waals surface area contributed by atoms with Crippen molar-refractivity contribution in [3.8, 4) is 17.8 Å². The minimum Gasteiger partial charge on any atom is -0.301 e. The third-order valence-electron chi connectivity index (χ3n) is 6.35. The molecule has 0 spiro atoms. The molecule has 164 valence electrons. The van der Waals surface area contributed by atoms with Gasteiger partial charge in [-0.3, -0.25) is 15.5 Å². The first-order valence-corrected chi connectivity index (χ1v) is 10.6. The van der Waals surface area contributed by atoms with Crippen molar-refractivity contribution in [1.29, 1.82) is 21.3 Å². The molecule has 0 atom stereocenters. The van der Waals surface area contributed by atoms with E-state index < -0.39 is 10.3 Å². The van der Waals surface area contributed by atoms with Gasteiger partial charge in [0.05, 0.1) is 39.7 Å². The van der Waals surface area contributed by atoms with Crippen molar-refractivity contribution in [2.45, 2.75) is 19.3 Å². The molecule has 0 saturated carbocycles. The second-order valence-corrected chi connectivity index (χ2v) is 8.15. The highest BCUT2D eigenvalue weighted by molar-refractivity contribution is 6.23. The van der Waals surface area contributed by atoms with Gasteiger partial charge in [-0.25, -0.2) is 4.68 Å². The van der Waals surface area contributed by atoms with Gasteiger partial charge in [-0.15, -0.1) is 0 Å². The van der Waals surface area contributed by atoms with E-state index in [9.17, 15) is 20.6 Å². The monoisotopic (exact) mass is 447 g/mol. The van der Waals surface area contributed by atoms with Gasteiger partial charge in [-0.1, -0.05) is 18.2 Å². The minimum atomic E-state index is -1.96. The topological polar surface area (TPSA) is 156 Å². The Bertz CT molecular complexity index is 1540. The van der Waals surface area contributed by atoms with E-state index >= 15 is 0 Å². The summed E-state index contributed by atoms with van der Waals surface area (Å²) in [4.78, 5) is 10.6. The van der Waals surface area contributed by atoms with Crippen molar-refractivity contribution < 1.29 is 4.92 Å². The van der Waals surface area contributed by atoms with Crippen LogP contribution in [0.1, 0.15) is 35.2 Å². The van der Waals surface area contributed by atoms with E-state index in [0.29, 0.717) is 46.5 Å². The number of hydrogen-bond donors (Lipinski definition) is 2. The third-order valence-corrected chi connectivity index (χ3v) is 6.35. The van der Waals surface area contributed by atoms with Gasteiger partial charge >= 0.3 is 0 Å². The van der Waals surface area contributed by atoms with Crippen LogP contribution in [0, 0.1) is 49.0 Å². The Kier molecular flexibility index (Phi) is 4.70. The molecule has 5 rings (SSSR count). The Balaban J connectivity index is 1.88. The van der Waals surface area contributed by atoms with E-state index in [1.807, 2.05) is 30.3 Å². The molecule has 34 heavy (non-hydrogen) atoms. The van der Waals surface area contributed by atoms with Crippen LogP contribution in [0.3, 0.4) is 0 Å². The summed E-state index contributed by atoms with van der Waals surface area (Å²) in [6, 6.07) is 18.9. The third kappa shape index (κ3) is 2.81. The Morgan fingerprint density at radius 3 is 2.29 bits per heavy atom. The van der Waals surface area contributed by atoms with Gasteiger partial charge in [0.15, 0.2) is 5.49 Å².